The van der Waals surface area contributed by atoms with Crippen LogP contribution in [0.3, 0.4) is 0 Å². The van der Waals surface area contributed by atoms with Gasteiger partial charge in [-0.3, -0.25) is 9.11 Å². The lowest BCUT2D eigenvalue weighted by molar-refractivity contribution is -0.0349. The summed E-state index contributed by atoms with van der Waals surface area (Å²) in [7, 11) is -9.76. The van der Waals surface area contributed by atoms with Gasteiger partial charge in [-0.1, -0.05) is 0 Å². The molecule has 13 heteroatoms. The molecule has 0 amide bonds. The van der Waals surface area contributed by atoms with Crippen molar-refractivity contribution < 1.29 is 49.3 Å². The van der Waals surface area contributed by atoms with Crippen LogP contribution in [0.15, 0.2) is 0 Å². The van der Waals surface area contributed by atoms with Crippen LogP contribution >= 0.6 is 0 Å². The van der Waals surface area contributed by atoms with E-state index in [1.165, 1.54) is 0 Å². The number of aliphatic hydroxyl groups is 2. The fourth-order valence-electron chi connectivity index (χ4n) is 1.51. The fraction of sp³-hybridized carbons (Fsp3) is 1.00. The van der Waals surface area contributed by atoms with Crippen molar-refractivity contribution in [1.29, 1.82) is 0 Å². The van der Waals surface area contributed by atoms with Crippen molar-refractivity contribution in [2.75, 3.05) is 13.2 Å². The van der Waals surface area contributed by atoms with Crippen LogP contribution in [-0.2, 0) is 33.9 Å². The molecule has 0 aromatic rings. The topological polar surface area (TPSA) is 177 Å². The lowest BCUT2D eigenvalue weighted by Crippen LogP contribution is -2.39. The molecular weight excluding hydrogens is 312 g/mol. The largest absolute Gasteiger partial charge is 0.397 e. The van der Waals surface area contributed by atoms with Gasteiger partial charge in [-0.05, 0) is 0 Å². The number of ether oxygens (including phenoxy) is 1. The van der Waals surface area contributed by atoms with Gasteiger partial charge >= 0.3 is 20.8 Å². The minimum absolute atomic E-state index is 0.713. The fourth-order valence-corrected chi connectivity index (χ4v) is 2.34. The molecule has 0 unspecified atom stereocenters. The van der Waals surface area contributed by atoms with Crippen molar-refractivity contribution in [3.8, 4) is 0 Å². The average molecular weight is 324 g/mol. The van der Waals surface area contributed by atoms with Crippen LogP contribution in [0.25, 0.3) is 0 Å². The highest BCUT2D eigenvalue weighted by Crippen LogP contribution is 2.25. The highest BCUT2D eigenvalue weighted by molar-refractivity contribution is 7.81. The van der Waals surface area contributed by atoms with Crippen LogP contribution in [0.5, 0.6) is 0 Å². The highest BCUT2D eigenvalue weighted by Gasteiger charge is 2.47. The van der Waals surface area contributed by atoms with Crippen molar-refractivity contribution in [3.63, 3.8) is 0 Å². The van der Waals surface area contributed by atoms with Crippen LogP contribution in [-0.4, -0.2) is 73.8 Å². The molecule has 1 rings (SSSR count). The van der Waals surface area contributed by atoms with Gasteiger partial charge in [0.2, 0.25) is 0 Å². The average Bonchev–Trinajstić information content (AvgIpc) is 2.50. The van der Waals surface area contributed by atoms with Crippen molar-refractivity contribution in [2.24, 2.45) is 0 Å². The van der Waals surface area contributed by atoms with Crippen LogP contribution in [0.2, 0.25) is 0 Å². The Morgan fingerprint density at radius 2 is 1.63 bits per heavy atom. The second-order valence-electron chi connectivity index (χ2n) is 3.59. The Labute approximate surface area is 108 Å². The highest BCUT2D eigenvalue weighted by atomic mass is 32.3. The first-order chi connectivity index (χ1) is 8.53. The number of hydrogen-bond donors (Lipinski definition) is 4. The van der Waals surface area contributed by atoms with Crippen LogP contribution < -0.4 is 0 Å². The molecule has 0 aromatic heterocycles. The van der Waals surface area contributed by atoms with E-state index in [-0.39, 0.29) is 0 Å². The molecule has 0 aliphatic carbocycles. The standard InChI is InChI=1S/C6H12O11S2/c7-1-3-5(8)6(17-19(12,13)14)4(16-3)2-15-18(9,10)11/h3-8H,1-2H2,(H,9,10,11)(H,12,13,14)/t3-,4-,5-,6+/m1/s1. The Balaban J connectivity index is 2.81. The molecule has 1 saturated heterocycles. The van der Waals surface area contributed by atoms with Crippen molar-refractivity contribution in [2.45, 2.75) is 24.4 Å². The third-order valence-electron chi connectivity index (χ3n) is 2.23. The third kappa shape index (κ3) is 5.25. The first-order valence-corrected chi connectivity index (χ1v) is 7.48. The summed E-state index contributed by atoms with van der Waals surface area (Å²) < 4.78 is 71.7. The zero-order valence-corrected chi connectivity index (χ0v) is 10.8. The van der Waals surface area contributed by atoms with Gasteiger partial charge in [0, 0.05) is 0 Å². The summed E-state index contributed by atoms with van der Waals surface area (Å²) in [6, 6.07) is 0. The predicted octanol–water partition coefficient (Wildman–Crippen LogP) is -2.89. The molecule has 4 N–H and O–H groups in total. The lowest BCUT2D eigenvalue weighted by atomic mass is 10.1. The summed E-state index contributed by atoms with van der Waals surface area (Å²) in [5.74, 6) is 0. The zero-order chi connectivity index (χ0) is 14.8. The van der Waals surface area contributed by atoms with Gasteiger partial charge in [0.1, 0.15) is 24.4 Å². The first-order valence-electron chi connectivity index (χ1n) is 4.75. The van der Waals surface area contributed by atoms with E-state index in [1.54, 1.807) is 0 Å². The molecule has 0 radical (unpaired) electrons. The molecule has 1 fully saturated rings. The Morgan fingerprint density at radius 3 is 2.05 bits per heavy atom. The molecular formula is C6H12O11S2. The van der Waals surface area contributed by atoms with E-state index in [2.05, 4.69) is 8.37 Å². The van der Waals surface area contributed by atoms with E-state index in [9.17, 15) is 21.9 Å². The summed E-state index contributed by atoms with van der Waals surface area (Å²) in [5, 5.41) is 18.4. The molecule has 1 heterocycles. The number of rotatable bonds is 6. The molecule has 0 saturated carbocycles. The summed E-state index contributed by atoms with van der Waals surface area (Å²) in [5.41, 5.74) is 0. The molecule has 0 spiro atoms. The van der Waals surface area contributed by atoms with Crippen molar-refractivity contribution in [1.82, 2.24) is 0 Å². The predicted molar refractivity (Wildman–Crippen MR) is 55.7 cm³/mol. The van der Waals surface area contributed by atoms with E-state index in [0.717, 1.165) is 0 Å². The monoisotopic (exact) mass is 324 g/mol. The second-order valence-corrected chi connectivity index (χ2v) is 5.73. The van der Waals surface area contributed by atoms with Gasteiger partial charge in [0.05, 0.1) is 13.2 Å². The maximum absolute atomic E-state index is 10.6. The third-order valence-corrected chi connectivity index (χ3v) is 3.13. The van der Waals surface area contributed by atoms with E-state index in [1.807, 2.05) is 0 Å². The maximum Gasteiger partial charge on any atom is 0.397 e. The molecule has 0 aromatic carbocycles. The van der Waals surface area contributed by atoms with Gasteiger partial charge < -0.3 is 14.9 Å². The van der Waals surface area contributed by atoms with E-state index in [0.29, 0.717) is 0 Å². The van der Waals surface area contributed by atoms with Gasteiger partial charge in [-0.25, -0.2) is 8.37 Å². The SMILES string of the molecule is O=S(=O)(O)OC[C@H]1O[C@H](CO)[C@@H](O)[C@H]1OS(=O)(=O)O. The Kier molecular flexibility index (Phi) is 5.21. The normalized spacial score (nSPS) is 32.6. The van der Waals surface area contributed by atoms with Gasteiger partial charge in [0.15, 0.2) is 0 Å². The molecule has 11 nitrogen and oxygen atoms in total. The van der Waals surface area contributed by atoms with Gasteiger partial charge in [-0.15, -0.1) is 0 Å². The molecule has 4 atom stereocenters. The quantitative estimate of drug-likeness (QED) is 0.369. The van der Waals surface area contributed by atoms with E-state index < -0.39 is 58.4 Å². The molecule has 1 aliphatic rings. The summed E-state index contributed by atoms with van der Waals surface area (Å²) >= 11 is 0. The second kappa shape index (κ2) is 5.94. The Hall–Kier alpha value is -0.380. The van der Waals surface area contributed by atoms with Crippen molar-refractivity contribution >= 4 is 20.8 Å². The van der Waals surface area contributed by atoms with Crippen LogP contribution in [0.4, 0.5) is 0 Å². The summed E-state index contributed by atoms with van der Waals surface area (Å²) in [4.78, 5) is 0. The molecule has 19 heavy (non-hydrogen) atoms. The minimum Gasteiger partial charge on any atom is -0.394 e. The first kappa shape index (κ1) is 16.7. The lowest BCUT2D eigenvalue weighted by Gasteiger charge is -2.17. The number of hydrogen-bond acceptors (Lipinski definition) is 9. The molecule has 1 aliphatic heterocycles. The Morgan fingerprint density at radius 1 is 1.05 bits per heavy atom. The maximum atomic E-state index is 10.6. The zero-order valence-electron chi connectivity index (χ0n) is 9.19. The van der Waals surface area contributed by atoms with Gasteiger partial charge in [-0.2, -0.15) is 16.8 Å². The summed E-state index contributed by atoms with van der Waals surface area (Å²) in [6.45, 7) is -1.60. The summed E-state index contributed by atoms with van der Waals surface area (Å²) in [6.07, 6.45) is -6.06. The van der Waals surface area contributed by atoms with E-state index in [4.69, 9.17) is 18.9 Å². The van der Waals surface area contributed by atoms with Crippen molar-refractivity contribution in [3.05, 3.63) is 0 Å². The molecule has 0 bridgehead atoms. The Bertz CT molecular complexity index is 495. The van der Waals surface area contributed by atoms with Crippen LogP contribution in [0, 0.1) is 0 Å². The minimum atomic E-state index is -4.95. The smallest absolute Gasteiger partial charge is 0.394 e. The number of aliphatic hydroxyl groups excluding tert-OH is 2. The van der Waals surface area contributed by atoms with Gasteiger partial charge in [0.25, 0.3) is 0 Å². The van der Waals surface area contributed by atoms with Crippen LogP contribution in [0.1, 0.15) is 0 Å². The van der Waals surface area contributed by atoms with E-state index >= 15 is 0 Å². The molecule has 114 valence electrons.